The van der Waals surface area contributed by atoms with E-state index in [4.69, 9.17) is 10.5 Å². The van der Waals surface area contributed by atoms with Gasteiger partial charge in [0.2, 0.25) is 0 Å². The topological polar surface area (TPSA) is 53.1 Å². The number of halogens is 1. The quantitative estimate of drug-likeness (QED) is 0.881. The van der Waals surface area contributed by atoms with Gasteiger partial charge in [-0.2, -0.15) is 5.10 Å². The summed E-state index contributed by atoms with van der Waals surface area (Å²) in [4.78, 5) is 0. The zero-order valence-corrected chi connectivity index (χ0v) is 11.1. The maximum absolute atomic E-state index is 5.84. The number of aromatic nitrogens is 2. The van der Waals surface area contributed by atoms with Crippen molar-refractivity contribution in [3.63, 3.8) is 0 Å². The van der Waals surface area contributed by atoms with Gasteiger partial charge in [0.25, 0.3) is 0 Å². The van der Waals surface area contributed by atoms with Gasteiger partial charge in [0.1, 0.15) is 5.75 Å². The average molecular weight is 296 g/mol. The van der Waals surface area contributed by atoms with Crippen molar-refractivity contribution in [2.24, 2.45) is 7.05 Å². The first-order valence-corrected chi connectivity index (χ1v) is 6.11. The molecule has 0 fully saturated rings. The Morgan fingerprint density at radius 2 is 2.24 bits per heavy atom. The van der Waals surface area contributed by atoms with Crippen molar-refractivity contribution in [2.45, 2.75) is 6.42 Å². The lowest BCUT2D eigenvalue weighted by molar-refractivity contribution is 0.320. The van der Waals surface area contributed by atoms with Crippen LogP contribution in [-0.4, -0.2) is 16.4 Å². The molecular formula is C12H14BrN3O. The Kier molecular flexibility index (Phi) is 3.68. The molecule has 2 N–H and O–H groups in total. The van der Waals surface area contributed by atoms with Crippen LogP contribution < -0.4 is 10.5 Å². The van der Waals surface area contributed by atoms with Gasteiger partial charge in [-0.1, -0.05) is 15.9 Å². The van der Waals surface area contributed by atoms with Crippen molar-refractivity contribution in [3.05, 3.63) is 40.6 Å². The molecule has 0 aliphatic rings. The highest BCUT2D eigenvalue weighted by Crippen LogP contribution is 2.25. The Labute approximate surface area is 109 Å². The molecule has 0 aliphatic carbocycles. The van der Waals surface area contributed by atoms with Gasteiger partial charge in [-0.3, -0.25) is 4.68 Å². The number of hydrogen-bond donors (Lipinski definition) is 1. The van der Waals surface area contributed by atoms with Gasteiger partial charge in [0.05, 0.1) is 12.3 Å². The number of benzene rings is 1. The molecule has 5 heteroatoms. The maximum Gasteiger partial charge on any atom is 0.142 e. The first kappa shape index (κ1) is 12.0. The minimum atomic E-state index is 0.589. The number of hydrogen-bond acceptors (Lipinski definition) is 3. The normalized spacial score (nSPS) is 10.5. The molecule has 0 radical (unpaired) electrons. The van der Waals surface area contributed by atoms with Crippen molar-refractivity contribution in [1.82, 2.24) is 9.78 Å². The summed E-state index contributed by atoms with van der Waals surface area (Å²) in [5.74, 6) is 0.718. The summed E-state index contributed by atoms with van der Waals surface area (Å²) in [6.45, 7) is 0.589. The van der Waals surface area contributed by atoms with Crippen LogP contribution in [0.25, 0.3) is 0 Å². The van der Waals surface area contributed by atoms with Crippen molar-refractivity contribution >= 4 is 21.6 Å². The van der Waals surface area contributed by atoms with E-state index < -0.39 is 0 Å². The van der Waals surface area contributed by atoms with Gasteiger partial charge in [0.15, 0.2) is 0 Å². The van der Waals surface area contributed by atoms with E-state index in [0.717, 1.165) is 22.3 Å². The first-order chi connectivity index (χ1) is 8.16. The predicted molar refractivity (Wildman–Crippen MR) is 71.0 cm³/mol. The van der Waals surface area contributed by atoms with E-state index in [0.29, 0.717) is 12.3 Å². The molecule has 4 nitrogen and oxygen atoms in total. The van der Waals surface area contributed by atoms with Gasteiger partial charge < -0.3 is 10.5 Å². The molecule has 90 valence electrons. The zero-order chi connectivity index (χ0) is 12.3. The van der Waals surface area contributed by atoms with E-state index in [-0.39, 0.29) is 0 Å². The van der Waals surface area contributed by atoms with E-state index in [9.17, 15) is 0 Å². The molecule has 2 aromatic rings. The van der Waals surface area contributed by atoms with Crippen molar-refractivity contribution < 1.29 is 4.74 Å². The van der Waals surface area contributed by atoms with E-state index in [1.54, 1.807) is 6.20 Å². The number of anilines is 1. The van der Waals surface area contributed by atoms with Crippen molar-refractivity contribution in [3.8, 4) is 5.75 Å². The van der Waals surface area contributed by atoms with Crippen LogP contribution >= 0.6 is 15.9 Å². The molecule has 0 atom stereocenters. The zero-order valence-electron chi connectivity index (χ0n) is 9.56. The molecule has 17 heavy (non-hydrogen) atoms. The van der Waals surface area contributed by atoms with Crippen LogP contribution in [0.1, 0.15) is 5.69 Å². The highest BCUT2D eigenvalue weighted by atomic mass is 79.9. The predicted octanol–water partition coefficient (Wildman–Crippen LogP) is 2.39. The van der Waals surface area contributed by atoms with Gasteiger partial charge >= 0.3 is 0 Å². The minimum Gasteiger partial charge on any atom is -0.491 e. The van der Waals surface area contributed by atoms with Crippen molar-refractivity contribution in [1.29, 1.82) is 0 Å². The standard InChI is InChI=1S/C12H14BrN3O/c1-16-10(4-6-15-16)5-7-17-12-3-2-9(13)8-11(12)14/h2-4,6,8H,5,7,14H2,1H3. The SMILES string of the molecule is Cn1nccc1CCOc1ccc(Br)cc1N. The molecule has 0 saturated carbocycles. The van der Waals surface area contributed by atoms with Crippen LogP contribution in [-0.2, 0) is 13.5 Å². The van der Waals surface area contributed by atoms with Gasteiger partial charge in [-0.05, 0) is 24.3 Å². The van der Waals surface area contributed by atoms with E-state index in [1.165, 1.54) is 0 Å². The van der Waals surface area contributed by atoms with E-state index >= 15 is 0 Å². The molecule has 0 aliphatic heterocycles. The third-order valence-corrected chi connectivity index (χ3v) is 3.00. The summed E-state index contributed by atoms with van der Waals surface area (Å²) in [6, 6.07) is 7.59. The smallest absolute Gasteiger partial charge is 0.142 e. The summed E-state index contributed by atoms with van der Waals surface area (Å²) in [5, 5.41) is 4.10. The Morgan fingerprint density at radius 3 is 2.88 bits per heavy atom. The van der Waals surface area contributed by atoms with E-state index in [2.05, 4.69) is 21.0 Å². The molecule has 0 amide bonds. The molecule has 0 bridgehead atoms. The second-order valence-electron chi connectivity index (χ2n) is 3.73. The third-order valence-electron chi connectivity index (χ3n) is 2.51. The number of ether oxygens (including phenoxy) is 1. The molecular weight excluding hydrogens is 282 g/mol. The van der Waals surface area contributed by atoms with Crippen LogP contribution in [0.2, 0.25) is 0 Å². The van der Waals surface area contributed by atoms with Gasteiger partial charge in [-0.25, -0.2) is 0 Å². The molecule has 0 saturated heterocycles. The summed E-state index contributed by atoms with van der Waals surface area (Å²) < 4.78 is 8.43. The first-order valence-electron chi connectivity index (χ1n) is 5.31. The molecule has 0 unspecified atom stereocenters. The van der Waals surface area contributed by atoms with Crippen LogP contribution in [0.4, 0.5) is 5.69 Å². The van der Waals surface area contributed by atoms with E-state index in [1.807, 2.05) is 36.0 Å². The molecule has 1 aromatic heterocycles. The van der Waals surface area contributed by atoms with Gasteiger partial charge in [-0.15, -0.1) is 0 Å². The average Bonchev–Trinajstić information content (AvgIpc) is 2.68. The Morgan fingerprint density at radius 1 is 1.41 bits per heavy atom. The maximum atomic E-state index is 5.84. The summed E-state index contributed by atoms with van der Waals surface area (Å²) >= 11 is 3.36. The van der Waals surface area contributed by atoms with Crippen LogP contribution in [0, 0.1) is 0 Å². The molecule has 1 aromatic carbocycles. The largest absolute Gasteiger partial charge is 0.491 e. The fraction of sp³-hybridized carbons (Fsp3) is 0.250. The summed E-state index contributed by atoms with van der Waals surface area (Å²) in [7, 11) is 1.92. The number of nitrogen functional groups attached to an aromatic ring is 1. The monoisotopic (exact) mass is 295 g/mol. The van der Waals surface area contributed by atoms with Gasteiger partial charge in [0, 0.05) is 29.8 Å². The highest BCUT2D eigenvalue weighted by Gasteiger charge is 2.02. The molecule has 0 spiro atoms. The lowest BCUT2D eigenvalue weighted by Gasteiger charge is -2.09. The van der Waals surface area contributed by atoms with Crippen LogP contribution in [0.3, 0.4) is 0 Å². The summed E-state index contributed by atoms with van der Waals surface area (Å²) in [5.41, 5.74) is 7.62. The Hall–Kier alpha value is -1.49. The van der Waals surface area contributed by atoms with Crippen LogP contribution in [0.5, 0.6) is 5.75 Å². The lowest BCUT2D eigenvalue weighted by atomic mass is 10.3. The summed E-state index contributed by atoms with van der Waals surface area (Å²) in [6.07, 6.45) is 2.59. The van der Waals surface area contributed by atoms with Crippen LogP contribution in [0.15, 0.2) is 34.9 Å². The Bertz CT molecular complexity index is 510. The molecule has 1 heterocycles. The second kappa shape index (κ2) is 5.23. The van der Waals surface area contributed by atoms with Crippen molar-refractivity contribution in [2.75, 3.05) is 12.3 Å². The second-order valence-corrected chi connectivity index (χ2v) is 4.64. The Balaban J connectivity index is 1.92. The number of nitrogens with zero attached hydrogens (tertiary/aromatic N) is 2. The fourth-order valence-corrected chi connectivity index (χ4v) is 1.94. The highest BCUT2D eigenvalue weighted by molar-refractivity contribution is 9.10. The number of rotatable bonds is 4. The number of aryl methyl sites for hydroxylation is 1. The third kappa shape index (κ3) is 3.00. The number of nitrogens with two attached hydrogens (primary N) is 1. The minimum absolute atomic E-state index is 0.589. The molecule has 2 rings (SSSR count). The lowest BCUT2D eigenvalue weighted by Crippen LogP contribution is -2.07. The fourth-order valence-electron chi connectivity index (χ4n) is 1.56.